The van der Waals surface area contributed by atoms with Gasteiger partial charge in [-0.05, 0) is 46.8 Å². The molecule has 26 heavy (non-hydrogen) atoms. The van der Waals surface area contributed by atoms with Gasteiger partial charge in [0.2, 0.25) is 0 Å². The van der Waals surface area contributed by atoms with E-state index in [-0.39, 0.29) is 12.5 Å². The van der Waals surface area contributed by atoms with Crippen LogP contribution in [0.15, 0.2) is 48.8 Å². The first kappa shape index (κ1) is 17.2. The van der Waals surface area contributed by atoms with Crippen molar-refractivity contribution in [2.24, 2.45) is 0 Å². The highest BCUT2D eigenvalue weighted by Gasteiger charge is 2.10. The van der Waals surface area contributed by atoms with E-state index in [0.717, 1.165) is 5.69 Å². The molecule has 1 amide bonds. The minimum absolute atomic E-state index is 0.139. The van der Waals surface area contributed by atoms with E-state index in [0.29, 0.717) is 22.9 Å². The molecule has 0 aliphatic carbocycles. The van der Waals surface area contributed by atoms with Crippen LogP contribution in [0.5, 0.6) is 17.2 Å². The molecule has 0 saturated carbocycles. The number of tetrazole rings is 1. The standard InChI is InChI=1S/C17H17N5O4/c1-24-14-7-8-15(16(9-14)25-2)19-17(23)10-26-13-5-3-12(4-6-13)22-11-18-20-21-22/h3-9,11H,10H2,1-2H3,(H,19,23). The van der Waals surface area contributed by atoms with E-state index in [4.69, 9.17) is 14.2 Å². The van der Waals surface area contributed by atoms with Crippen LogP contribution in [0.4, 0.5) is 5.69 Å². The van der Waals surface area contributed by atoms with Gasteiger partial charge in [-0.25, -0.2) is 4.68 Å². The van der Waals surface area contributed by atoms with Gasteiger partial charge >= 0.3 is 0 Å². The largest absolute Gasteiger partial charge is 0.497 e. The second kappa shape index (κ2) is 7.97. The Balaban J connectivity index is 1.57. The topological polar surface area (TPSA) is 100 Å². The van der Waals surface area contributed by atoms with Gasteiger partial charge in [-0.3, -0.25) is 4.79 Å². The zero-order valence-corrected chi connectivity index (χ0v) is 14.2. The average Bonchev–Trinajstić information content (AvgIpc) is 3.22. The van der Waals surface area contributed by atoms with Crippen molar-refractivity contribution in [2.45, 2.75) is 0 Å². The Kier molecular flexibility index (Phi) is 5.28. The smallest absolute Gasteiger partial charge is 0.262 e. The fourth-order valence-corrected chi connectivity index (χ4v) is 2.21. The molecule has 0 atom stereocenters. The van der Waals surface area contributed by atoms with Crippen LogP contribution in [0, 0.1) is 0 Å². The lowest BCUT2D eigenvalue weighted by atomic mass is 10.2. The normalized spacial score (nSPS) is 10.2. The van der Waals surface area contributed by atoms with E-state index in [9.17, 15) is 4.79 Å². The van der Waals surface area contributed by atoms with Crippen molar-refractivity contribution in [1.82, 2.24) is 20.2 Å². The van der Waals surface area contributed by atoms with E-state index < -0.39 is 0 Å². The number of nitrogens with zero attached hydrogens (tertiary/aromatic N) is 4. The summed E-state index contributed by atoms with van der Waals surface area (Å²) in [6.45, 7) is -0.139. The molecule has 0 saturated heterocycles. The van der Waals surface area contributed by atoms with Crippen molar-refractivity contribution in [3.8, 4) is 22.9 Å². The molecule has 0 unspecified atom stereocenters. The molecule has 0 fully saturated rings. The number of nitrogens with one attached hydrogen (secondary N) is 1. The highest BCUT2D eigenvalue weighted by atomic mass is 16.5. The number of carbonyl (C=O) groups is 1. The molecule has 1 aromatic heterocycles. The number of hydrogen-bond donors (Lipinski definition) is 1. The molecule has 134 valence electrons. The number of benzene rings is 2. The van der Waals surface area contributed by atoms with Crippen LogP contribution in [0.1, 0.15) is 0 Å². The highest BCUT2D eigenvalue weighted by Crippen LogP contribution is 2.28. The van der Waals surface area contributed by atoms with Crippen molar-refractivity contribution in [1.29, 1.82) is 0 Å². The summed E-state index contributed by atoms with van der Waals surface area (Å²) in [4.78, 5) is 12.1. The summed E-state index contributed by atoms with van der Waals surface area (Å²) in [6.07, 6.45) is 1.49. The van der Waals surface area contributed by atoms with E-state index in [1.807, 2.05) is 0 Å². The van der Waals surface area contributed by atoms with Gasteiger partial charge in [0.15, 0.2) is 6.61 Å². The lowest BCUT2D eigenvalue weighted by Crippen LogP contribution is -2.20. The number of hydrogen-bond acceptors (Lipinski definition) is 7. The van der Waals surface area contributed by atoms with Crippen LogP contribution in [0.3, 0.4) is 0 Å². The number of aromatic nitrogens is 4. The number of ether oxygens (including phenoxy) is 3. The summed E-state index contributed by atoms with van der Waals surface area (Å²) in [5.41, 5.74) is 1.32. The number of anilines is 1. The summed E-state index contributed by atoms with van der Waals surface area (Å²) in [7, 11) is 3.08. The van der Waals surface area contributed by atoms with Crippen LogP contribution in [0.25, 0.3) is 5.69 Å². The monoisotopic (exact) mass is 355 g/mol. The molecule has 3 aromatic rings. The molecule has 9 nitrogen and oxygen atoms in total. The molecule has 3 rings (SSSR count). The van der Waals surface area contributed by atoms with Crippen LogP contribution in [0.2, 0.25) is 0 Å². The third-order valence-corrected chi connectivity index (χ3v) is 3.50. The molecule has 1 N–H and O–H groups in total. The lowest BCUT2D eigenvalue weighted by molar-refractivity contribution is -0.118. The first-order valence-electron chi connectivity index (χ1n) is 7.67. The van der Waals surface area contributed by atoms with Crippen molar-refractivity contribution in [3.05, 3.63) is 48.8 Å². The number of methoxy groups -OCH3 is 2. The Bertz CT molecular complexity index is 865. The molecule has 0 aliphatic heterocycles. The Morgan fingerprint density at radius 2 is 1.85 bits per heavy atom. The van der Waals surface area contributed by atoms with Crippen molar-refractivity contribution >= 4 is 11.6 Å². The number of amides is 1. The van der Waals surface area contributed by atoms with Crippen LogP contribution < -0.4 is 19.5 Å². The number of rotatable bonds is 7. The second-order valence-corrected chi connectivity index (χ2v) is 5.15. The first-order valence-corrected chi connectivity index (χ1v) is 7.67. The molecule has 9 heteroatoms. The quantitative estimate of drug-likeness (QED) is 0.688. The Morgan fingerprint density at radius 1 is 1.08 bits per heavy atom. The fourth-order valence-electron chi connectivity index (χ4n) is 2.21. The maximum Gasteiger partial charge on any atom is 0.262 e. The Labute approximate surface area is 149 Å². The minimum atomic E-state index is -0.307. The van der Waals surface area contributed by atoms with Gasteiger partial charge in [0, 0.05) is 6.07 Å². The third kappa shape index (κ3) is 4.07. The van der Waals surface area contributed by atoms with Gasteiger partial charge in [-0.1, -0.05) is 0 Å². The molecule has 2 aromatic carbocycles. The predicted octanol–water partition coefficient (Wildman–Crippen LogP) is 1.70. The van der Waals surface area contributed by atoms with E-state index >= 15 is 0 Å². The van der Waals surface area contributed by atoms with E-state index in [2.05, 4.69) is 20.8 Å². The van der Waals surface area contributed by atoms with Crippen LogP contribution in [-0.2, 0) is 4.79 Å². The summed E-state index contributed by atoms with van der Waals surface area (Å²) in [5.74, 6) is 1.39. The maximum atomic E-state index is 12.1. The van der Waals surface area contributed by atoms with Gasteiger partial charge in [-0.15, -0.1) is 5.10 Å². The van der Waals surface area contributed by atoms with Gasteiger partial charge in [0.05, 0.1) is 25.6 Å². The lowest BCUT2D eigenvalue weighted by Gasteiger charge is -2.12. The Hall–Kier alpha value is -3.62. The number of carbonyl (C=O) groups excluding carboxylic acids is 1. The second-order valence-electron chi connectivity index (χ2n) is 5.15. The first-order chi connectivity index (χ1) is 12.7. The van der Waals surface area contributed by atoms with E-state index in [1.165, 1.54) is 18.1 Å². The third-order valence-electron chi connectivity index (χ3n) is 3.50. The van der Waals surface area contributed by atoms with E-state index in [1.54, 1.807) is 49.6 Å². The molecule has 0 bridgehead atoms. The zero-order chi connectivity index (χ0) is 18.4. The van der Waals surface area contributed by atoms with Crippen molar-refractivity contribution in [3.63, 3.8) is 0 Å². The van der Waals surface area contributed by atoms with Gasteiger partial charge in [0.25, 0.3) is 5.91 Å². The maximum absolute atomic E-state index is 12.1. The molecule has 0 radical (unpaired) electrons. The molecule has 1 heterocycles. The SMILES string of the molecule is COc1ccc(NC(=O)COc2ccc(-n3cnnn3)cc2)c(OC)c1. The van der Waals surface area contributed by atoms with Crippen LogP contribution >= 0.6 is 0 Å². The minimum Gasteiger partial charge on any atom is -0.497 e. The van der Waals surface area contributed by atoms with Crippen LogP contribution in [-0.4, -0.2) is 46.9 Å². The van der Waals surface area contributed by atoms with Crippen molar-refractivity contribution in [2.75, 3.05) is 26.1 Å². The fraction of sp³-hybridized carbons (Fsp3) is 0.176. The molecular formula is C17H17N5O4. The van der Waals surface area contributed by atoms with Gasteiger partial charge in [0.1, 0.15) is 23.6 Å². The Morgan fingerprint density at radius 3 is 2.50 bits per heavy atom. The average molecular weight is 355 g/mol. The summed E-state index contributed by atoms with van der Waals surface area (Å²) in [6, 6.07) is 12.2. The van der Waals surface area contributed by atoms with Crippen molar-refractivity contribution < 1.29 is 19.0 Å². The van der Waals surface area contributed by atoms with Gasteiger partial charge < -0.3 is 19.5 Å². The van der Waals surface area contributed by atoms with Gasteiger partial charge in [-0.2, -0.15) is 0 Å². The summed E-state index contributed by atoms with van der Waals surface area (Å²) in [5, 5.41) is 13.7. The highest BCUT2D eigenvalue weighted by molar-refractivity contribution is 5.93. The molecule has 0 spiro atoms. The molecular weight excluding hydrogens is 338 g/mol. The summed E-state index contributed by atoms with van der Waals surface area (Å²) >= 11 is 0. The summed E-state index contributed by atoms with van der Waals surface area (Å²) < 4.78 is 17.4. The zero-order valence-electron chi connectivity index (χ0n) is 14.2. The molecule has 0 aliphatic rings. The predicted molar refractivity (Wildman–Crippen MR) is 92.8 cm³/mol.